The highest BCUT2D eigenvalue weighted by atomic mass is 19.1. The molecule has 0 bridgehead atoms. The maximum atomic E-state index is 14.2. The van der Waals surface area contributed by atoms with E-state index in [0.717, 1.165) is 0 Å². The highest BCUT2D eigenvalue weighted by molar-refractivity contribution is 5.68. The van der Waals surface area contributed by atoms with Crippen molar-refractivity contribution in [2.24, 2.45) is 5.92 Å². The number of aromatic nitrogens is 2. The Labute approximate surface area is 150 Å². The van der Waals surface area contributed by atoms with E-state index in [4.69, 9.17) is 14.6 Å². The van der Waals surface area contributed by atoms with Crippen LogP contribution in [0.15, 0.2) is 30.6 Å². The largest absolute Gasteiger partial charge is 0.463 e. The lowest BCUT2D eigenvalue weighted by Gasteiger charge is -2.37. The molecule has 3 rings (SSSR count). The van der Waals surface area contributed by atoms with Gasteiger partial charge in [-0.15, -0.1) is 0 Å². The van der Waals surface area contributed by atoms with Crippen LogP contribution in [0.2, 0.25) is 0 Å². The molecule has 1 saturated heterocycles. The third kappa shape index (κ3) is 3.91. The summed E-state index contributed by atoms with van der Waals surface area (Å²) in [4.78, 5) is 21.3. The lowest BCUT2D eigenvalue weighted by molar-refractivity contribution is 0.0385. The van der Waals surface area contributed by atoms with Gasteiger partial charge in [0, 0.05) is 48.1 Å². The Morgan fingerprint density at radius 3 is 2.73 bits per heavy atom. The van der Waals surface area contributed by atoms with Crippen LogP contribution < -0.4 is 4.74 Å². The number of hydrogen-bond donors (Lipinski definition) is 1. The van der Waals surface area contributed by atoms with Crippen molar-refractivity contribution >= 4 is 6.09 Å². The zero-order valence-corrected chi connectivity index (χ0v) is 14.4. The zero-order chi connectivity index (χ0) is 18.5. The number of likely N-dealkylation sites (tertiary alicyclic amines) is 1. The predicted octanol–water partition coefficient (Wildman–Crippen LogP) is 2.24. The summed E-state index contributed by atoms with van der Waals surface area (Å²) in [6.07, 6.45) is 2.65. The van der Waals surface area contributed by atoms with Crippen LogP contribution in [0.25, 0.3) is 11.1 Å². The molecule has 2 aromatic rings. The molecule has 1 aromatic heterocycles. The van der Waals surface area contributed by atoms with Gasteiger partial charge < -0.3 is 19.5 Å². The van der Waals surface area contributed by atoms with Crippen LogP contribution in [0.1, 0.15) is 12.5 Å². The van der Waals surface area contributed by atoms with Crippen LogP contribution in [-0.4, -0.2) is 52.4 Å². The van der Waals surface area contributed by atoms with E-state index in [1.807, 2.05) is 0 Å². The van der Waals surface area contributed by atoms with Gasteiger partial charge in [0.1, 0.15) is 5.82 Å². The Morgan fingerprint density at radius 1 is 1.35 bits per heavy atom. The topological polar surface area (TPSA) is 84.8 Å². The molecule has 1 N–H and O–H groups in total. The van der Waals surface area contributed by atoms with Crippen molar-refractivity contribution in [3.8, 4) is 17.1 Å². The van der Waals surface area contributed by atoms with E-state index in [0.29, 0.717) is 37.4 Å². The molecular weight excluding hydrogens is 341 g/mol. The molecule has 1 aliphatic heterocycles. The van der Waals surface area contributed by atoms with Gasteiger partial charge in [-0.2, -0.15) is 0 Å². The molecule has 138 valence electrons. The molecule has 1 aliphatic rings. The number of rotatable bonds is 6. The Balaban J connectivity index is 1.54. The van der Waals surface area contributed by atoms with Gasteiger partial charge in [-0.1, -0.05) is 18.2 Å². The van der Waals surface area contributed by atoms with Gasteiger partial charge in [-0.3, -0.25) is 0 Å². The number of halogens is 1. The van der Waals surface area contributed by atoms with E-state index in [9.17, 15) is 9.18 Å². The molecule has 1 aromatic carbocycles. The minimum Gasteiger partial charge on any atom is -0.463 e. The van der Waals surface area contributed by atoms with Crippen molar-refractivity contribution in [3.63, 3.8) is 0 Å². The van der Waals surface area contributed by atoms with Crippen molar-refractivity contribution in [3.05, 3.63) is 42.0 Å². The molecule has 0 saturated carbocycles. The van der Waals surface area contributed by atoms with Crippen LogP contribution in [0.3, 0.4) is 0 Å². The minimum absolute atomic E-state index is 0.196. The molecule has 1 amide bonds. The highest BCUT2D eigenvalue weighted by Crippen LogP contribution is 2.25. The standard InChI is InChI=1S/C18H20FN3O4/c1-2-25-18(24)22-8-12(9-22)11-26-17-20-6-14(7-21-17)15-5-3-4-13(10-23)16(15)19/h3-7,12,23H,2,8-11H2,1H3. The molecule has 0 spiro atoms. The average Bonchev–Trinajstić information content (AvgIpc) is 2.61. The summed E-state index contributed by atoms with van der Waals surface area (Å²) in [6, 6.07) is 4.99. The molecule has 1 fully saturated rings. The molecule has 26 heavy (non-hydrogen) atoms. The van der Waals surface area contributed by atoms with Crippen molar-refractivity contribution < 1.29 is 23.8 Å². The first-order chi connectivity index (χ1) is 12.6. The van der Waals surface area contributed by atoms with Crippen LogP contribution in [0.5, 0.6) is 6.01 Å². The van der Waals surface area contributed by atoms with Crippen molar-refractivity contribution in [2.75, 3.05) is 26.3 Å². The number of hydrogen-bond acceptors (Lipinski definition) is 6. The second-order valence-electron chi connectivity index (χ2n) is 5.97. The Morgan fingerprint density at radius 2 is 2.08 bits per heavy atom. The maximum absolute atomic E-state index is 14.2. The first-order valence-corrected chi connectivity index (χ1v) is 8.37. The summed E-state index contributed by atoms with van der Waals surface area (Å²) < 4.78 is 24.7. The van der Waals surface area contributed by atoms with Crippen LogP contribution in [0.4, 0.5) is 9.18 Å². The Bertz CT molecular complexity index is 764. The van der Waals surface area contributed by atoms with Crippen LogP contribution in [-0.2, 0) is 11.3 Å². The smallest absolute Gasteiger partial charge is 0.409 e. The second kappa shape index (κ2) is 8.09. The van der Waals surface area contributed by atoms with Crippen molar-refractivity contribution in [2.45, 2.75) is 13.5 Å². The van der Waals surface area contributed by atoms with Gasteiger partial charge >= 0.3 is 12.1 Å². The average molecular weight is 361 g/mol. The number of amides is 1. The number of ether oxygens (including phenoxy) is 2. The summed E-state index contributed by atoms with van der Waals surface area (Å²) in [5, 5.41) is 9.14. The number of aliphatic hydroxyl groups is 1. The highest BCUT2D eigenvalue weighted by Gasteiger charge is 2.32. The van der Waals surface area contributed by atoms with E-state index in [-0.39, 0.29) is 30.2 Å². The van der Waals surface area contributed by atoms with Gasteiger partial charge in [0.15, 0.2) is 0 Å². The fourth-order valence-corrected chi connectivity index (χ4v) is 2.69. The van der Waals surface area contributed by atoms with Crippen LogP contribution in [0, 0.1) is 11.7 Å². The lowest BCUT2D eigenvalue weighted by Crippen LogP contribution is -2.52. The second-order valence-corrected chi connectivity index (χ2v) is 5.97. The van der Waals surface area contributed by atoms with Crippen molar-refractivity contribution in [1.29, 1.82) is 0 Å². The Hall–Kier alpha value is -2.74. The molecule has 0 unspecified atom stereocenters. The number of carbonyl (C=O) groups excluding carboxylic acids is 1. The third-order valence-corrected chi connectivity index (χ3v) is 4.12. The fourth-order valence-electron chi connectivity index (χ4n) is 2.69. The number of aliphatic hydroxyl groups excluding tert-OH is 1. The summed E-state index contributed by atoms with van der Waals surface area (Å²) in [5.74, 6) is -0.276. The lowest BCUT2D eigenvalue weighted by atomic mass is 10.0. The van der Waals surface area contributed by atoms with E-state index in [1.165, 1.54) is 18.5 Å². The van der Waals surface area contributed by atoms with Crippen LogP contribution >= 0.6 is 0 Å². The summed E-state index contributed by atoms with van der Waals surface area (Å²) in [7, 11) is 0. The molecule has 0 atom stereocenters. The van der Waals surface area contributed by atoms with E-state index >= 15 is 0 Å². The fraction of sp³-hybridized carbons (Fsp3) is 0.389. The SMILES string of the molecule is CCOC(=O)N1CC(COc2ncc(-c3cccc(CO)c3F)cn2)C1. The van der Waals surface area contributed by atoms with E-state index in [2.05, 4.69) is 9.97 Å². The first-order valence-electron chi connectivity index (χ1n) is 8.37. The van der Waals surface area contributed by atoms with Gasteiger partial charge in [0.2, 0.25) is 0 Å². The molecule has 8 heteroatoms. The van der Waals surface area contributed by atoms with E-state index < -0.39 is 5.82 Å². The van der Waals surface area contributed by atoms with Crippen molar-refractivity contribution in [1.82, 2.24) is 14.9 Å². The van der Waals surface area contributed by atoms with Gasteiger partial charge in [-0.05, 0) is 6.92 Å². The molecule has 2 heterocycles. The van der Waals surface area contributed by atoms with Gasteiger partial charge in [0.25, 0.3) is 0 Å². The normalized spacial score (nSPS) is 14.0. The number of benzene rings is 1. The molecule has 0 aliphatic carbocycles. The molecule has 0 radical (unpaired) electrons. The zero-order valence-electron chi connectivity index (χ0n) is 14.4. The third-order valence-electron chi connectivity index (χ3n) is 4.12. The monoisotopic (exact) mass is 361 g/mol. The maximum Gasteiger partial charge on any atom is 0.409 e. The first kappa shape index (κ1) is 18.1. The van der Waals surface area contributed by atoms with E-state index in [1.54, 1.807) is 24.0 Å². The summed E-state index contributed by atoms with van der Waals surface area (Å²) >= 11 is 0. The molecular formula is C18H20FN3O4. The van der Waals surface area contributed by atoms with Gasteiger partial charge in [-0.25, -0.2) is 19.2 Å². The number of nitrogens with zero attached hydrogens (tertiary/aromatic N) is 3. The minimum atomic E-state index is -0.485. The summed E-state index contributed by atoms with van der Waals surface area (Å²) in [5.41, 5.74) is 1.05. The predicted molar refractivity (Wildman–Crippen MR) is 90.9 cm³/mol. The molecule has 7 nitrogen and oxygen atoms in total. The Kier molecular flexibility index (Phi) is 5.62. The van der Waals surface area contributed by atoms with Gasteiger partial charge in [0.05, 0.1) is 19.8 Å². The summed E-state index contributed by atoms with van der Waals surface area (Å²) in [6.45, 7) is 3.31. The number of carbonyl (C=O) groups is 1. The quantitative estimate of drug-likeness (QED) is 0.849.